The van der Waals surface area contributed by atoms with Crippen LogP contribution >= 0.6 is 0 Å². The standard InChI is InChI=1S/C21H34O2.C11H18O2/c1-4-13-10-14(5-2)19-16-11-15(18(13)19)12-17(16)20(22)23-21(3)8-6-7-9-21;1-3-7-5-8(4-2)10-9(7)6-13-11(10)12/h13-19H,4-12H2,1-3H3;7-10H,3-6H2,1-2H3. The van der Waals surface area contributed by atoms with Gasteiger partial charge in [0, 0.05) is 5.92 Å². The molecule has 0 spiro atoms. The number of esters is 2. The molecule has 0 aromatic rings. The van der Waals surface area contributed by atoms with Crippen molar-refractivity contribution in [2.75, 3.05) is 6.61 Å². The molecule has 0 amide bonds. The first kappa shape index (κ1) is 26.5. The van der Waals surface area contributed by atoms with Crippen molar-refractivity contribution in [2.24, 2.45) is 65.1 Å². The number of hydrogen-bond donors (Lipinski definition) is 0. The van der Waals surface area contributed by atoms with Crippen LogP contribution in [0.3, 0.4) is 0 Å². The largest absolute Gasteiger partial charge is 0.465 e. The predicted octanol–water partition coefficient (Wildman–Crippen LogP) is 7.44. The fourth-order valence-electron chi connectivity index (χ4n) is 10.3. The average molecular weight is 501 g/mol. The van der Waals surface area contributed by atoms with Gasteiger partial charge in [0.2, 0.25) is 0 Å². The molecule has 6 fully saturated rings. The van der Waals surface area contributed by atoms with Crippen LogP contribution in [0.4, 0.5) is 0 Å². The second-order valence-electron chi connectivity index (χ2n) is 13.7. The highest BCUT2D eigenvalue weighted by atomic mass is 16.6. The van der Waals surface area contributed by atoms with E-state index in [1.807, 2.05) is 0 Å². The molecule has 1 aliphatic heterocycles. The molecule has 6 rings (SSSR count). The molecular formula is C32H52O4. The lowest BCUT2D eigenvalue weighted by Gasteiger charge is -2.36. The Bertz CT molecular complexity index is 800. The number of ether oxygens (including phenoxy) is 2. The molecule has 0 aromatic heterocycles. The average Bonchev–Trinajstić information content (AvgIpc) is 3.69. The van der Waals surface area contributed by atoms with Gasteiger partial charge in [0.15, 0.2) is 0 Å². The van der Waals surface area contributed by atoms with Crippen molar-refractivity contribution >= 4 is 11.9 Å². The van der Waals surface area contributed by atoms with Crippen LogP contribution in [0.5, 0.6) is 0 Å². The van der Waals surface area contributed by atoms with Gasteiger partial charge in [0.05, 0.1) is 18.4 Å². The number of cyclic esters (lactones) is 1. The summed E-state index contributed by atoms with van der Waals surface area (Å²) in [4.78, 5) is 24.4. The van der Waals surface area contributed by atoms with Crippen molar-refractivity contribution in [3.63, 3.8) is 0 Å². The summed E-state index contributed by atoms with van der Waals surface area (Å²) in [7, 11) is 0. The highest BCUT2D eigenvalue weighted by Gasteiger charge is 2.61. The van der Waals surface area contributed by atoms with E-state index in [4.69, 9.17) is 9.47 Å². The number of carbonyl (C=O) groups is 2. The minimum atomic E-state index is -0.149. The zero-order valence-electron chi connectivity index (χ0n) is 23.7. The van der Waals surface area contributed by atoms with Gasteiger partial charge in [-0.3, -0.25) is 9.59 Å². The third-order valence-electron chi connectivity index (χ3n) is 12.1. The molecule has 5 aliphatic carbocycles. The van der Waals surface area contributed by atoms with Gasteiger partial charge in [-0.05, 0) is 106 Å². The smallest absolute Gasteiger partial charge is 0.309 e. The third-order valence-corrected chi connectivity index (χ3v) is 12.1. The number of hydrogen-bond acceptors (Lipinski definition) is 4. The van der Waals surface area contributed by atoms with Crippen molar-refractivity contribution < 1.29 is 19.1 Å². The van der Waals surface area contributed by atoms with E-state index in [9.17, 15) is 9.59 Å². The normalized spacial score (nSPS) is 45.7. The fraction of sp³-hybridized carbons (Fsp3) is 0.938. The Morgan fingerprint density at radius 1 is 0.833 bits per heavy atom. The lowest BCUT2D eigenvalue weighted by molar-refractivity contribution is -0.166. The molecule has 204 valence electrons. The van der Waals surface area contributed by atoms with Crippen molar-refractivity contribution in [1.29, 1.82) is 0 Å². The first-order valence-electron chi connectivity index (χ1n) is 15.7. The van der Waals surface area contributed by atoms with Crippen molar-refractivity contribution in [2.45, 2.75) is 117 Å². The van der Waals surface area contributed by atoms with Crippen LogP contribution in [-0.4, -0.2) is 24.1 Å². The summed E-state index contributed by atoms with van der Waals surface area (Å²) in [6, 6.07) is 0. The monoisotopic (exact) mass is 500 g/mol. The van der Waals surface area contributed by atoms with Gasteiger partial charge < -0.3 is 9.47 Å². The zero-order chi connectivity index (χ0) is 25.6. The van der Waals surface area contributed by atoms with E-state index in [1.54, 1.807) is 0 Å². The van der Waals surface area contributed by atoms with E-state index >= 15 is 0 Å². The first-order valence-corrected chi connectivity index (χ1v) is 15.7. The Hall–Kier alpha value is -1.06. The van der Waals surface area contributed by atoms with Gasteiger partial charge in [0.1, 0.15) is 5.60 Å². The van der Waals surface area contributed by atoms with E-state index in [-0.39, 0.29) is 29.4 Å². The second kappa shape index (κ2) is 10.6. The second-order valence-corrected chi connectivity index (χ2v) is 13.7. The van der Waals surface area contributed by atoms with Gasteiger partial charge in [0.25, 0.3) is 0 Å². The summed E-state index contributed by atoms with van der Waals surface area (Å²) in [5.74, 6) is 7.63. The predicted molar refractivity (Wildman–Crippen MR) is 142 cm³/mol. The van der Waals surface area contributed by atoms with Gasteiger partial charge in [-0.1, -0.05) is 53.4 Å². The molecule has 2 bridgehead atoms. The molecule has 4 nitrogen and oxygen atoms in total. The first-order chi connectivity index (χ1) is 17.3. The molecule has 4 heteroatoms. The molecule has 36 heavy (non-hydrogen) atoms. The molecule has 0 N–H and O–H groups in total. The maximum absolute atomic E-state index is 12.9. The fourth-order valence-corrected chi connectivity index (χ4v) is 10.3. The van der Waals surface area contributed by atoms with Crippen molar-refractivity contribution in [3.05, 3.63) is 0 Å². The molecule has 5 saturated carbocycles. The molecule has 1 saturated heterocycles. The molecule has 11 atom stereocenters. The van der Waals surface area contributed by atoms with Gasteiger partial charge in [-0.15, -0.1) is 0 Å². The minimum Gasteiger partial charge on any atom is -0.465 e. The van der Waals surface area contributed by atoms with E-state index in [0.717, 1.165) is 61.2 Å². The van der Waals surface area contributed by atoms with Crippen molar-refractivity contribution in [3.8, 4) is 0 Å². The Morgan fingerprint density at radius 3 is 2.08 bits per heavy atom. The summed E-state index contributed by atoms with van der Waals surface area (Å²) in [5.41, 5.74) is -0.149. The third kappa shape index (κ3) is 4.55. The summed E-state index contributed by atoms with van der Waals surface area (Å²) in [6.45, 7) is 12.0. The Morgan fingerprint density at radius 2 is 1.44 bits per heavy atom. The summed E-state index contributed by atoms with van der Waals surface area (Å²) < 4.78 is 11.2. The van der Waals surface area contributed by atoms with E-state index in [1.165, 1.54) is 51.4 Å². The topological polar surface area (TPSA) is 52.6 Å². The van der Waals surface area contributed by atoms with Crippen molar-refractivity contribution in [1.82, 2.24) is 0 Å². The van der Waals surface area contributed by atoms with Gasteiger partial charge in [-0.2, -0.15) is 0 Å². The number of fused-ring (bicyclic) bond motifs is 6. The molecule has 0 radical (unpaired) electrons. The summed E-state index contributed by atoms with van der Waals surface area (Å²) in [5, 5.41) is 0. The van der Waals surface area contributed by atoms with E-state index in [0.29, 0.717) is 24.4 Å². The minimum absolute atomic E-state index is 0.0767. The highest BCUT2D eigenvalue weighted by molar-refractivity contribution is 5.75. The molecular weight excluding hydrogens is 448 g/mol. The molecule has 0 aromatic carbocycles. The van der Waals surface area contributed by atoms with Crippen LogP contribution in [-0.2, 0) is 19.1 Å². The van der Waals surface area contributed by atoms with Crippen LogP contribution in [0.2, 0.25) is 0 Å². The van der Waals surface area contributed by atoms with Crippen LogP contribution in [0.25, 0.3) is 0 Å². The lowest BCUT2D eigenvalue weighted by atomic mass is 9.70. The SMILES string of the molecule is CCC1CC(CC)C2C(=O)OCC12.CCC1CC(CC)C2C3CC(CC3C(=O)OC3(C)CCCC3)C12. The highest BCUT2D eigenvalue weighted by Crippen LogP contribution is 2.65. The summed E-state index contributed by atoms with van der Waals surface area (Å²) >= 11 is 0. The lowest BCUT2D eigenvalue weighted by Crippen LogP contribution is -2.38. The molecule has 6 aliphatic rings. The van der Waals surface area contributed by atoms with Crippen LogP contribution in [0.15, 0.2) is 0 Å². The van der Waals surface area contributed by atoms with Crippen LogP contribution in [0.1, 0.15) is 112 Å². The Kier molecular flexibility index (Phi) is 7.82. The zero-order valence-corrected chi connectivity index (χ0v) is 23.7. The Labute approximate surface area is 220 Å². The quantitative estimate of drug-likeness (QED) is 0.356. The molecule has 1 heterocycles. The van der Waals surface area contributed by atoms with Crippen LogP contribution < -0.4 is 0 Å². The van der Waals surface area contributed by atoms with Gasteiger partial charge in [-0.25, -0.2) is 0 Å². The number of rotatable bonds is 6. The van der Waals surface area contributed by atoms with Gasteiger partial charge >= 0.3 is 11.9 Å². The number of carbonyl (C=O) groups excluding carboxylic acids is 2. The van der Waals surface area contributed by atoms with E-state index < -0.39 is 0 Å². The van der Waals surface area contributed by atoms with Crippen LogP contribution in [0, 0.1) is 65.1 Å². The summed E-state index contributed by atoms with van der Waals surface area (Å²) in [6.07, 6.45) is 14.7. The Balaban J connectivity index is 0.000000174. The van der Waals surface area contributed by atoms with E-state index in [2.05, 4.69) is 34.6 Å². The maximum atomic E-state index is 12.9. The molecule has 11 unspecified atom stereocenters. The maximum Gasteiger partial charge on any atom is 0.309 e.